The molecule has 0 atom stereocenters. The molecule has 2 aromatic heterocycles. The van der Waals surface area contributed by atoms with Gasteiger partial charge in [-0.15, -0.1) is 0 Å². The highest BCUT2D eigenvalue weighted by Crippen LogP contribution is 2.19. The lowest BCUT2D eigenvalue weighted by atomic mass is 10.1. The summed E-state index contributed by atoms with van der Waals surface area (Å²) in [5.74, 6) is -0.375. The summed E-state index contributed by atoms with van der Waals surface area (Å²) in [7, 11) is 1.66. The van der Waals surface area contributed by atoms with Gasteiger partial charge in [-0.1, -0.05) is 24.3 Å². The lowest BCUT2D eigenvalue weighted by Crippen LogP contribution is -2.21. The molecule has 8 heteroatoms. The molecule has 0 radical (unpaired) electrons. The van der Waals surface area contributed by atoms with Crippen LogP contribution < -0.4 is 16.2 Å². The van der Waals surface area contributed by atoms with Gasteiger partial charge in [0, 0.05) is 40.4 Å². The Balaban J connectivity index is 1.58. The average molecular weight is 477 g/mol. The third-order valence-electron chi connectivity index (χ3n) is 4.75. The molecule has 0 fully saturated rings. The van der Waals surface area contributed by atoms with E-state index in [1.165, 1.54) is 10.6 Å². The fourth-order valence-electron chi connectivity index (χ4n) is 3.17. The van der Waals surface area contributed by atoms with Crippen LogP contribution in [0.5, 0.6) is 0 Å². The molecule has 154 valence electrons. The van der Waals surface area contributed by atoms with Crippen LogP contribution in [0, 0.1) is 0 Å². The third kappa shape index (κ3) is 4.39. The maximum Gasteiger partial charge on any atom is 0.256 e. The summed E-state index contributed by atoms with van der Waals surface area (Å²) >= 11 is 3.30. The van der Waals surface area contributed by atoms with Crippen molar-refractivity contribution in [1.82, 2.24) is 9.55 Å². The van der Waals surface area contributed by atoms with Crippen LogP contribution in [-0.4, -0.2) is 21.4 Å². The molecule has 0 saturated heterocycles. The molecule has 0 aliphatic carbocycles. The highest BCUT2D eigenvalue weighted by Gasteiger charge is 2.15. The molecule has 31 heavy (non-hydrogen) atoms. The van der Waals surface area contributed by atoms with Crippen molar-refractivity contribution in [3.8, 4) is 0 Å². The van der Waals surface area contributed by atoms with Crippen molar-refractivity contribution in [3.63, 3.8) is 0 Å². The van der Waals surface area contributed by atoms with Crippen LogP contribution in [0.15, 0.2) is 82.2 Å². The third-order valence-corrected chi connectivity index (χ3v) is 5.22. The first kappa shape index (κ1) is 20.5. The number of anilines is 2. The van der Waals surface area contributed by atoms with Gasteiger partial charge in [-0.05, 0) is 52.3 Å². The van der Waals surface area contributed by atoms with Crippen molar-refractivity contribution in [2.45, 2.75) is 0 Å². The zero-order valence-electron chi connectivity index (χ0n) is 16.4. The molecule has 7 nitrogen and oxygen atoms in total. The Labute approximate surface area is 185 Å². The van der Waals surface area contributed by atoms with E-state index in [0.29, 0.717) is 28.0 Å². The van der Waals surface area contributed by atoms with E-state index in [0.717, 1.165) is 4.47 Å². The van der Waals surface area contributed by atoms with Gasteiger partial charge in [0.25, 0.3) is 17.4 Å². The predicted molar refractivity (Wildman–Crippen MR) is 123 cm³/mol. The minimum atomic E-state index is -0.430. The fraction of sp³-hybridized carbons (Fsp3) is 0.0435. The minimum absolute atomic E-state index is 0.271. The molecule has 0 aliphatic heterocycles. The molecule has 2 amide bonds. The molecule has 2 heterocycles. The van der Waals surface area contributed by atoms with Crippen LogP contribution in [0.2, 0.25) is 0 Å². The first-order valence-corrected chi connectivity index (χ1v) is 10.1. The van der Waals surface area contributed by atoms with Gasteiger partial charge in [-0.2, -0.15) is 0 Å². The van der Waals surface area contributed by atoms with Crippen molar-refractivity contribution in [2.75, 3.05) is 10.6 Å². The van der Waals surface area contributed by atoms with Gasteiger partial charge in [0.2, 0.25) is 0 Å². The molecule has 2 aromatic carbocycles. The quantitative estimate of drug-likeness (QED) is 0.461. The monoisotopic (exact) mass is 476 g/mol. The zero-order valence-corrected chi connectivity index (χ0v) is 18.0. The largest absolute Gasteiger partial charge is 0.322 e. The Morgan fingerprint density at radius 1 is 0.935 bits per heavy atom. The van der Waals surface area contributed by atoms with Crippen molar-refractivity contribution in [3.05, 3.63) is 98.9 Å². The number of benzene rings is 2. The Hall–Kier alpha value is -3.78. The van der Waals surface area contributed by atoms with Crippen molar-refractivity contribution in [1.29, 1.82) is 0 Å². The van der Waals surface area contributed by atoms with E-state index in [9.17, 15) is 14.4 Å². The predicted octanol–water partition coefficient (Wildman–Crippen LogP) is 4.20. The Morgan fingerprint density at radius 3 is 2.52 bits per heavy atom. The molecule has 0 aliphatic rings. The first-order chi connectivity index (χ1) is 14.9. The molecule has 2 N–H and O–H groups in total. The number of fused-ring (bicyclic) bond motifs is 1. The lowest BCUT2D eigenvalue weighted by molar-refractivity contribution is 0.101. The molecule has 0 spiro atoms. The number of rotatable bonds is 4. The van der Waals surface area contributed by atoms with Crippen LogP contribution in [0.4, 0.5) is 11.5 Å². The number of carbonyl (C=O) groups excluding carboxylic acids is 2. The van der Waals surface area contributed by atoms with Crippen LogP contribution in [0.25, 0.3) is 10.9 Å². The van der Waals surface area contributed by atoms with Gasteiger partial charge >= 0.3 is 0 Å². The molecule has 0 unspecified atom stereocenters. The molecular formula is C23H17BrN4O3. The highest BCUT2D eigenvalue weighted by molar-refractivity contribution is 9.10. The molecule has 0 saturated carbocycles. The summed E-state index contributed by atoms with van der Waals surface area (Å²) in [5, 5.41) is 6.15. The number of nitrogens with zero attached hydrogens (tertiary/aromatic N) is 2. The number of amides is 2. The number of aryl methyl sites for hydroxylation is 1. The topological polar surface area (TPSA) is 93.1 Å². The summed E-state index contributed by atoms with van der Waals surface area (Å²) in [6, 6.07) is 18.5. The number of carbonyl (C=O) groups is 2. The summed E-state index contributed by atoms with van der Waals surface area (Å²) in [6.45, 7) is 0. The number of para-hydroxylation sites is 1. The molecule has 4 aromatic rings. The van der Waals surface area contributed by atoms with Gasteiger partial charge in [-0.25, -0.2) is 4.98 Å². The Bertz CT molecular complexity index is 1360. The van der Waals surface area contributed by atoms with E-state index in [4.69, 9.17) is 0 Å². The molecular weight excluding hydrogens is 460 g/mol. The maximum atomic E-state index is 12.9. The maximum absolute atomic E-state index is 12.9. The van der Waals surface area contributed by atoms with E-state index in [2.05, 4.69) is 31.5 Å². The number of nitrogens with one attached hydrogen (secondary N) is 2. The Kier molecular flexibility index (Phi) is 5.64. The second-order valence-corrected chi connectivity index (χ2v) is 7.74. The van der Waals surface area contributed by atoms with Gasteiger partial charge in [0.1, 0.15) is 5.82 Å². The van der Waals surface area contributed by atoms with Gasteiger partial charge < -0.3 is 15.2 Å². The van der Waals surface area contributed by atoms with Crippen LogP contribution in [0.3, 0.4) is 0 Å². The first-order valence-electron chi connectivity index (χ1n) is 9.35. The summed E-state index contributed by atoms with van der Waals surface area (Å²) < 4.78 is 2.30. The number of hydrogen-bond acceptors (Lipinski definition) is 4. The van der Waals surface area contributed by atoms with Crippen LogP contribution in [-0.2, 0) is 7.05 Å². The number of hydrogen-bond donors (Lipinski definition) is 2. The molecule has 4 rings (SSSR count). The van der Waals surface area contributed by atoms with Gasteiger partial charge in [0.05, 0.1) is 11.1 Å². The normalized spacial score (nSPS) is 10.6. The second kappa shape index (κ2) is 8.53. The smallest absolute Gasteiger partial charge is 0.256 e. The lowest BCUT2D eigenvalue weighted by Gasteiger charge is -2.11. The second-order valence-electron chi connectivity index (χ2n) is 6.82. The molecule has 0 bridgehead atoms. The van der Waals surface area contributed by atoms with E-state index >= 15 is 0 Å². The number of pyridine rings is 2. The van der Waals surface area contributed by atoms with E-state index in [1.807, 2.05) is 12.1 Å². The van der Waals surface area contributed by atoms with Gasteiger partial charge in [-0.3, -0.25) is 14.4 Å². The Morgan fingerprint density at radius 2 is 1.74 bits per heavy atom. The van der Waals surface area contributed by atoms with E-state index in [1.54, 1.807) is 61.8 Å². The van der Waals surface area contributed by atoms with Crippen molar-refractivity contribution in [2.24, 2.45) is 7.05 Å². The van der Waals surface area contributed by atoms with E-state index in [-0.39, 0.29) is 17.0 Å². The zero-order chi connectivity index (χ0) is 22.0. The fourth-order valence-corrected chi connectivity index (χ4v) is 3.41. The summed E-state index contributed by atoms with van der Waals surface area (Å²) in [5.41, 5.74) is 1.45. The van der Waals surface area contributed by atoms with Crippen molar-refractivity contribution >= 4 is 50.2 Å². The van der Waals surface area contributed by atoms with E-state index < -0.39 is 5.91 Å². The summed E-state index contributed by atoms with van der Waals surface area (Å²) in [4.78, 5) is 41.9. The standard InChI is InChI=1S/C23H17BrN4O3/c1-28-19-8-3-2-7-17(19)18(12-21(28)29)23(31)26-16-6-4-5-14(11-16)22(30)27-20-10-9-15(24)13-25-20/h2-13H,1H3,(H,26,31)(H,25,27,30). The average Bonchev–Trinajstić information content (AvgIpc) is 2.78. The summed E-state index contributed by atoms with van der Waals surface area (Å²) in [6.07, 6.45) is 1.58. The van der Waals surface area contributed by atoms with Gasteiger partial charge in [0.15, 0.2) is 0 Å². The number of halogens is 1. The van der Waals surface area contributed by atoms with Crippen LogP contribution in [0.1, 0.15) is 20.7 Å². The SMILES string of the molecule is Cn1c(=O)cc(C(=O)Nc2cccc(C(=O)Nc3ccc(Br)cn3)c2)c2ccccc21. The van der Waals surface area contributed by atoms with Crippen molar-refractivity contribution < 1.29 is 9.59 Å². The van der Waals surface area contributed by atoms with Crippen LogP contribution >= 0.6 is 15.9 Å². The number of aromatic nitrogens is 2. The highest BCUT2D eigenvalue weighted by atomic mass is 79.9. The minimum Gasteiger partial charge on any atom is -0.322 e.